The Balaban J connectivity index is 1.86. The first kappa shape index (κ1) is 14.2. The molecule has 0 N–H and O–H groups in total. The van der Waals surface area contributed by atoms with Gasteiger partial charge >= 0.3 is 0 Å². The number of hydrogen-bond donors (Lipinski definition) is 0. The lowest BCUT2D eigenvalue weighted by molar-refractivity contribution is 0.0984. The van der Waals surface area contributed by atoms with E-state index in [-0.39, 0.29) is 0 Å². The molecule has 0 bridgehead atoms. The highest BCUT2D eigenvalue weighted by Crippen LogP contribution is 2.34. The van der Waals surface area contributed by atoms with Crippen molar-refractivity contribution in [2.45, 2.75) is 32.9 Å². The number of ether oxygens (including phenoxy) is 1. The van der Waals surface area contributed by atoms with E-state index in [1.54, 1.807) is 0 Å². The molecular formula is C16H18N6O. The molecule has 0 aromatic carbocycles. The van der Waals surface area contributed by atoms with Gasteiger partial charge in [-0.15, -0.1) is 0 Å². The molecule has 0 aliphatic carbocycles. The molecular weight excluding hydrogens is 292 g/mol. The third kappa shape index (κ3) is 2.26. The summed E-state index contributed by atoms with van der Waals surface area (Å²) in [6, 6.07) is 4.22. The van der Waals surface area contributed by atoms with Gasteiger partial charge in [0.25, 0.3) is 0 Å². The summed E-state index contributed by atoms with van der Waals surface area (Å²) in [4.78, 5) is 11.7. The molecule has 2 aromatic heterocycles. The molecule has 1 atom stereocenters. The van der Waals surface area contributed by atoms with Crippen LogP contribution in [-0.2, 0) is 17.7 Å². The minimum atomic E-state index is 0.295. The van der Waals surface area contributed by atoms with Crippen LogP contribution in [0.4, 0.5) is 5.82 Å². The fourth-order valence-electron chi connectivity index (χ4n) is 3.35. The maximum atomic E-state index is 9.10. The molecule has 0 amide bonds. The number of nitriles is 1. The van der Waals surface area contributed by atoms with Crippen molar-refractivity contribution in [2.24, 2.45) is 0 Å². The van der Waals surface area contributed by atoms with E-state index in [2.05, 4.69) is 28.0 Å². The Kier molecular flexibility index (Phi) is 3.27. The van der Waals surface area contributed by atoms with Crippen molar-refractivity contribution in [3.05, 3.63) is 23.1 Å². The third-order valence-corrected chi connectivity index (χ3v) is 4.45. The van der Waals surface area contributed by atoms with Crippen LogP contribution in [0.15, 0.2) is 6.07 Å². The lowest BCUT2D eigenvalue weighted by Crippen LogP contribution is -2.45. The zero-order valence-corrected chi connectivity index (χ0v) is 13.3. The topological polar surface area (TPSA) is 79.9 Å². The standard InChI is InChI=1S/C16H18N6O/c1-10-9-23-6-5-21(10)16-13-3-4-22-14(7-12(8-17)20-22)15(13)18-11(2)19-16/h7,10H,3-6,9H2,1-2H3/t10-/m0/s1. The lowest BCUT2D eigenvalue weighted by atomic mass is 10.0. The highest BCUT2D eigenvalue weighted by molar-refractivity contribution is 5.69. The Hall–Kier alpha value is -2.46. The molecule has 1 saturated heterocycles. The Morgan fingerprint density at radius 3 is 3.00 bits per heavy atom. The maximum absolute atomic E-state index is 9.10. The molecule has 7 heteroatoms. The molecule has 1 fully saturated rings. The summed E-state index contributed by atoms with van der Waals surface area (Å²) in [7, 11) is 0. The molecule has 4 heterocycles. The molecule has 0 unspecified atom stereocenters. The molecule has 2 aromatic rings. The number of fused-ring (bicyclic) bond motifs is 3. The highest BCUT2D eigenvalue weighted by atomic mass is 16.5. The van der Waals surface area contributed by atoms with Gasteiger partial charge < -0.3 is 9.64 Å². The van der Waals surface area contributed by atoms with Crippen molar-refractivity contribution in [1.29, 1.82) is 5.26 Å². The van der Waals surface area contributed by atoms with Gasteiger partial charge in [-0.1, -0.05) is 0 Å². The van der Waals surface area contributed by atoms with Gasteiger partial charge in [0.05, 0.1) is 30.6 Å². The Morgan fingerprint density at radius 1 is 1.35 bits per heavy atom. The van der Waals surface area contributed by atoms with Crippen molar-refractivity contribution >= 4 is 5.82 Å². The smallest absolute Gasteiger partial charge is 0.163 e. The van der Waals surface area contributed by atoms with E-state index in [0.717, 1.165) is 54.7 Å². The summed E-state index contributed by atoms with van der Waals surface area (Å²) in [6.07, 6.45) is 0.828. The number of aryl methyl sites for hydroxylation is 2. The van der Waals surface area contributed by atoms with E-state index in [4.69, 9.17) is 15.0 Å². The molecule has 23 heavy (non-hydrogen) atoms. The molecule has 2 aliphatic rings. The molecule has 2 aliphatic heterocycles. The summed E-state index contributed by atoms with van der Waals surface area (Å²) in [5.41, 5.74) is 3.41. The van der Waals surface area contributed by atoms with Gasteiger partial charge in [0, 0.05) is 24.7 Å². The van der Waals surface area contributed by atoms with Gasteiger partial charge in [0.15, 0.2) is 5.69 Å². The summed E-state index contributed by atoms with van der Waals surface area (Å²) >= 11 is 0. The fourth-order valence-corrected chi connectivity index (χ4v) is 3.35. The number of anilines is 1. The van der Waals surface area contributed by atoms with Crippen LogP contribution in [0.1, 0.15) is 24.0 Å². The SMILES string of the molecule is Cc1nc2c(c(N3CCOC[C@@H]3C)n1)CCn1nc(C#N)cc1-2. The predicted molar refractivity (Wildman–Crippen MR) is 84.0 cm³/mol. The van der Waals surface area contributed by atoms with E-state index < -0.39 is 0 Å². The second-order valence-electron chi connectivity index (χ2n) is 6.04. The van der Waals surface area contributed by atoms with Crippen LogP contribution < -0.4 is 4.90 Å². The zero-order chi connectivity index (χ0) is 16.0. The molecule has 4 rings (SSSR count). The zero-order valence-electron chi connectivity index (χ0n) is 13.3. The summed E-state index contributed by atoms with van der Waals surface area (Å²) in [5, 5.41) is 13.4. The van der Waals surface area contributed by atoms with Gasteiger partial charge in [-0.05, 0) is 20.3 Å². The first-order valence-electron chi connectivity index (χ1n) is 7.87. The maximum Gasteiger partial charge on any atom is 0.163 e. The quantitative estimate of drug-likeness (QED) is 0.790. The van der Waals surface area contributed by atoms with Gasteiger partial charge in [0.1, 0.15) is 17.7 Å². The van der Waals surface area contributed by atoms with Gasteiger partial charge in [0.2, 0.25) is 0 Å². The summed E-state index contributed by atoms with van der Waals surface area (Å²) < 4.78 is 7.42. The summed E-state index contributed by atoms with van der Waals surface area (Å²) in [5.74, 6) is 1.75. The minimum absolute atomic E-state index is 0.295. The van der Waals surface area contributed by atoms with E-state index >= 15 is 0 Å². The molecule has 0 saturated carbocycles. The number of rotatable bonds is 1. The van der Waals surface area contributed by atoms with Gasteiger partial charge in [-0.2, -0.15) is 10.4 Å². The first-order valence-corrected chi connectivity index (χ1v) is 7.87. The Bertz CT molecular complexity index is 806. The third-order valence-electron chi connectivity index (χ3n) is 4.45. The molecule has 7 nitrogen and oxygen atoms in total. The van der Waals surface area contributed by atoms with Crippen molar-refractivity contribution in [2.75, 3.05) is 24.7 Å². The van der Waals surface area contributed by atoms with Crippen molar-refractivity contribution in [3.63, 3.8) is 0 Å². The Morgan fingerprint density at radius 2 is 2.22 bits per heavy atom. The van der Waals surface area contributed by atoms with Crippen LogP contribution in [0.2, 0.25) is 0 Å². The highest BCUT2D eigenvalue weighted by Gasteiger charge is 2.29. The largest absolute Gasteiger partial charge is 0.377 e. The fraction of sp³-hybridized carbons (Fsp3) is 0.500. The van der Waals surface area contributed by atoms with Crippen LogP contribution in [0.5, 0.6) is 0 Å². The number of morpholine rings is 1. The number of aromatic nitrogens is 4. The van der Waals surface area contributed by atoms with Crippen LogP contribution in [0.3, 0.4) is 0 Å². The minimum Gasteiger partial charge on any atom is -0.377 e. The molecule has 0 spiro atoms. The monoisotopic (exact) mass is 310 g/mol. The second-order valence-corrected chi connectivity index (χ2v) is 6.04. The average Bonchev–Trinajstić information content (AvgIpc) is 2.98. The normalized spacial score (nSPS) is 19.9. The van der Waals surface area contributed by atoms with E-state index in [0.29, 0.717) is 18.3 Å². The van der Waals surface area contributed by atoms with Crippen molar-refractivity contribution in [1.82, 2.24) is 19.7 Å². The summed E-state index contributed by atoms with van der Waals surface area (Å²) in [6.45, 7) is 7.10. The van der Waals surface area contributed by atoms with Gasteiger partial charge in [-0.3, -0.25) is 4.68 Å². The average molecular weight is 310 g/mol. The van der Waals surface area contributed by atoms with Crippen molar-refractivity contribution in [3.8, 4) is 17.5 Å². The van der Waals surface area contributed by atoms with E-state index in [1.165, 1.54) is 0 Å². The second kappa shape index (κ2) is 5.32. The van der Waals surface area contributed by atoms with E-state index in [9.17, 15) is 0 Å². The van der Waals surface area contributed by atoms with Gasteiger partial charge in [-0.25, -0.2) is 9.97 Å². The van der Waals surface area contributed by atoms with Crippen LogP contribution in [0, 0.1) is 18.3 Å². The molecule has 0 radical (unpaired) electrons. The number of hydrogen-bond acceptors (Lipinski definition) is 6. The van der Waals surface area contributed by atoms with Crippen LogP contribution >= 0.6 is 0 Å². The van der Waals surface area contributed by atoms with Crippen molar-refractivity contribution < 1.29 is 4.74 Å². The Labute approximate surface area is 134 Å². The van der Waals surface area contributed by atoms with Crippen LogP contribution in [-0.4, -0.2) is 45.5 Å². The molecule has 118 valence electrons. The first-order chi connectivity index (χ1) is 11.2. The number of nitrogens with zero attached hydrogens (tertiary/aromatic N) is 6. The van der Waals surface area contributed by atoms with E-state index in [1.807, 2.05) is 17.7 Å². The lowest BCUT2D eigenvalue weighted by Gasteiger charge is -2.36. The predicted octanol–water partition coefficient (Wildman–Crippen LogP) is 1.30. The van der Waals surface area contributed by atoms with Crippen LogP contribution in [0.25, 0.3) is 11.4 Å².